The number of nitrogens with one attached hydrogen (secondary N) is 1. The largest absolute Gasteiger partial charge is 0.313 e. The number of piperidine rings is 1. The van der Waals surface area contributed by atoms with Crippen LogP contribution in [0.15, 0.2) is 24.4 Å². The highest BCUT2D eigenvalue weighted by Crippen LogP contribution is 2.22. The van der Waals surface area contributed by atoms with Crippen molar-refractivity contribution in [1.29, 1.82) is 0 Å². The van der Waals surface area contributed by atoms with Gasteiger partial charge < -0.3 is 5.73 Å². The van der Waals surface area contributed by atoms with Crippen LogP contribution in [0.1, 0.15) is 38.3 Å². The molecule has 0 aliphatic carbocycles. The van der Waals surface area contributed by atoms with Gasteiger partial charge in [0, 0.05) is 31.5 Å². The van der Waals surface area contributed by atoms with Gasteiger partial charge in [-0.25, -0.2) is 4.57 Å². The van der Waals surface area contributed by atoms with Crippen molar-refractivity contribution in [2.75, 3.05) is 6.54 Å². The first-order valence-electron chi connectivity index (χ1n) is 7.12. The van der Waals surface area contributed by atoms with E-state index < -0.39 is 0 Å². The molecular weight excluding hydrogens is 222 g/mol. The van der Waals surface area contributed by atoms with E-state index in [1.165, 1.54) is 12.1 Å². The maximum absolute atomic E-state index is 6.34. The summed E-state index contributed by atoms with van der Waals surface area (Å²) in [6.07, 6.45) is 6.73. The molecule has 0 amide bonds. The van der Waals surface area contributed by atoms with Crippen molar-refractivity contribution < 1.29 is 4.57 Å². The average molecular weight is 248 g/mol. The summed E-state index contributed by atoms with van der Waals surface area (Å²) in [6, 6.07) is 6.37. The lowest BCUT2D eigenvalue weighted by molar-refractivity contribution is -0.709. The topological polar surface area (TPSA) is 41.9 Å². The van der Waals surface area contributed by atoms with E-state index in [1.54, 1.807) is 0 Å². The predicted octanol–water partition coefficient (Wildman–Crippen LogP) is 1.74. The Morgan fingerprint density at radius 2 is 2.33 bits per heavy atom. The lowest BCUT2D eigenvalue weighted by Crippen LogP contribution is -2.59. The Hall–Kier alpha value is -0.930. The highest BCUT2D eigenvalue weighted by atomic mass is 15.1. The van der Waals surface area contributed by atoms with Crippen LogP contribution < -0.4 is 15.6 Å². The number of aryl methyl sites for hydroxylation is 1. The first-order chi connectivity index (χ1) is 8.63. The minimum absolute atomic E-state index is 0.109. The highest BCUT2D eigenvalue weighted by molar-refractivity contribution is 4.94. The van der Waals surface area contributed by atoms with E-state index in [1.807, 2.05) is 0 Å². The molecule has 1 aromatic rings. The normalized spacial score (nSPS) is 28.3. The molecule has 1 saturated heterocycles. The van der Waals surface area contributed by atoms with Crippen LogP contribution in [0.4, 0.5) is 0 Å². The fraction of sp³-hybridized carbons (Fsp3) is 0.667. The molecule has 2 unspecified atom stereocenters. The van der Waals surface area contributed by atoms with Crippen molar-refractivity contribution in [3.63, 3.8) is 0 Å². The van der Waals surface area contributed by atoms with Gasteiger partial charge >= 0.3 is 0 Å². The summed E-state index contributed by atoms with van der Waals surface area (Å²) in [5.74, 6) is 0.699. The van der Waals surface area contributed by atoms with Gasteiger partial charge in [-0.1, -0.05) is 19.4 Å². The Balaban J connectivity index is 1.89. The first kappa shape index (κ1) is 13.5. The van der Waals surface area contributed by atoms with E-state index in [0.717, 1.165) is 32.4 Å². The Morgan fingerprint density at radius 1 is 1.50 bits per heavy atom. The van der Waals surface area contributed by atoms with Crippen molar-refractivity contribution in [2.45, 2.75) is 51.7 Å². The van der Waals surface area contributed by atoms with Crippen LogP contribution in [0.25, 0.3) is 0 Å². The van der Waals surface area contributed by atoms with E-state index in [4.69, 9.17) is 5.73 Å². The molecule has 2 heterocycles. The molecule has 18 heavy (non-hydrogen) atoms. The molecule has 1 aliphatic rings. The monoisotopic (exact) mass is 248 g/mol. The minimum atomic E-state index is -0.109. The second-order valence-corrected chi connectivity index (χ2v) is 5.69. The van der Waals surface area contributed by atoms with Gasteiger partial charge in [0.25, 0.3) is 0 Å². The predicted molar refractivity (Wildman–Crippen MR) is 73.9 cm³/mol. The van der Waals surface area contributed by atoms with Gasteiger partial charge in [-0.05, 0) is 19.3 Å². The lowest BCUT2D eigenvalue weighted by atomic mass is 9.88. The molecule has 100 valence electrons. The van der Waals surface area contributed by atoms with Crippen molar-refractivity contribution in [3.8, 4) is 0 Å². The molecule has 3 N–H and O–H groups in total. The number of nitrogens with two attached hydrogens (primary N) is 1. The summed E-state index contributed by atoms with van der Waals surface area (Å²) in [5.41, 5.74) is 7.56. The summed E-state index contributed by atoms with van der Waals surface area (Å²) in [5, 5.41) is 3.55. The summed E-state index contributed by atoms with van der Waals surface area (Å²) >= 11 is 0. The maximum Gasteiger partial charge on any atom is 0.178 e. The molecule has 1 aliphatic heterocycles. The number of rotatable bonds is 4. The van der Waals surface area contributed by atoms with E-state index in [0.29, 0.717) is 5.92 Å². The average Bonchev–Trinajstić information content (AvgIpc) is 2.35. The number of hydrogen-bond donors (Lipinski definition) is 2. The summed E-state index contributed by atoms with van der Waals surface area (Å²) in [4.78, 5) is 0. The molecular formula is C15H26N3+. The van der Waals surface area contributed by atoms with Gasteiger partial charge in [-0.2, -0.15) is 0 Å². The second kappa shape index (κ2) is 5.81. The molecule has 0 aromatic carbocycles. The summed E-state index contributed by atoms with van der Waals surface area (Å²) in [6.45, 7) is 6.51. The number of nitrogens with zero attached hydrogens (tertiary/aromatic N) is 1. The Labute approximate surface area is 110 Å². The van der Waals surface area contributed by atoms with Gasteiger partial charge in [0.2, 0.25) is 0 Å². The van der Waals surface area contributed by atoms with Gasteiger partial charge in [-0.15, -0.1) is 0 Å². The fourth-order valence-corrected chi connectivity index (χ4v) is 2.86. The number of pyridine rings is 1. The standard InChI is InChI=1S/C15H26N3/c1-3-8-15(16)9-7-14(11-17-15)12-18-10-5-4-6-13(18)2/h4-6,10,14,17H,3,7-9,11-12,16H2,1-2H3/q+1. The van der Waals surface area contributed by atoms with Crippen LogP contribution in [-0.2, 0) is 6.54 Å². The van der Waals surface area contributed by atoms with Crippen molar-refractivity contribution in [1.82, 2.24) is 5.32 Å². The van der Waals surface area contributed by atoms with Gasteiger partial charge in [0.1, 0.15) is 0 Å². The molecule has 0 spiro atoms. The van der Waals surface area contributed by atoms with Gasteiger partial charge in [-0.3, -0.25) is 5.32 Å². The third kappa shape index (κ3) is 3.30. The zero-order chi connectivity index (χ0) is 13.0. The van der Waals surface area contributed by atoms with Gasteiger partial charge in [0.05, 0.1) is 5.66 Å². The molecule has 3 nitrogen and oxygen atoms in total. The second-order valence-electron chi connectivity index (χ2n) is 5.69. The highest BCUT2D eigenvalue weighted by Gasteiger charge is 2.31. The molecule has 3 heteroatoms. The van der Waals surface area contributed by atoms with Crippen LogP contribution in [0.5, 0.6) is 0 Å². The van der Waals surface area contributed by atoms with E-state index in [9.17, 15) is 0 Å². The van der Waals surface area contributed by atoms with Crippen LogP contribution in [0.2, 0.25) is 0 Å². The van der Waals surface area contributed by atoms with E-state index in [2.05, 4.69) is 48.1 Å². The smallest absolute Gasteiger partial charge is 0.178 e. The zero-order valence-electron chi connectivity index (χ0n) is 11.7. The molecule has 2 rings (SSSR count). The fourth-order valence-electron chi connectivity index (χ4n) is 2.86. The molecule has 2 atom stereocenters. The summed E-state index contributed by atoms with van der Waals surface area (Å²) in [7, 11) is 0. The van der Waals surface area contributed by atoms with Crippen molar-refractivity contribution in [2.24, 2.45) is 11.7 Å². The van der Waals surface area contributed by atoms with Crippen molar-refractivity contribution in [3.05, 3.63) is 30.1 Å². The van der Waals surface area contributed by atoms with Crippen LogP contribution in [-0.4, -0.2) is 12.2 Å². The number of aromatic nitrogens is 1. The molecule has 0 bridgehead atoms. The SMILES string of the molecule is CCCC1(N)CCC(C[n+]2ccccc2C)CN1. The lowest BCUT2D eigenvalue weighted by Gasteiger charge is -2.37. The maximum atomic E-state index is 6.34. The minimum Gasteiger partial charge on any atom is -0.313 e. The Bertz CT molecular complexity index is 381. The van der Waals surface area contributed by atoms with E-state index >= 15 is 0 Å². The Morgan fingerprint density at radius 3 is 2.94 bits per heavy atom. The molecule has 0 radical (unpaired) electrons. The van der Waals surface area contributed by atoms with E-state index in [-0.39, 0.29) is 5.66 Å². The van der Waals surface area contributed by atoms with Crippen LogP contribution in [0, 0.1) is 12.8 Å². The zero-order valence-corrected chi connectivity index (χ0v) is 11.7. The molecule has 0 saturated carbocycles. The van der Waals surface area contributed by atoms with Gasteiger partial charge in [0.15, 0.2) is 18.4 Å². The van der Waals surface area contributed by atoms with Crippen LogP contribution >= 0.6 is 0 Å². The molecule has 1 fully saturated rings. The quantitative estimate of drug-likeness (QED) is 0.797. The number of hydrogen-bond acceptors (Lipinski definition) is 2. The third-order valence-corrected chi connectivity index (χ3v) is 4.06. The summed E-state index contributed by atoms with van der Waals surface area (Å²) < 4.78 is 2.34. The molecule has 1 aromatic heterocycles. The van der Waals surface area contributed by atoms with Crippen molar-refractivity contribution >= 4 is 0 Å². The first-order valence-corrected chi connectivity index (χ1v) is 7.12. The van der Waals surface area contributed by atoms with Crippen LogP contribution in [0.3, 0.4) is 0 Å². The third-order valence-electron chi connectivity index (χ3n) is 4.06. The Kier molecular flexibility index (Phi) is 4.36.